The van der Waals surface area contributed by atoms with Crippen molar-refractivity contribution in [3.63, 3.8) is 0 Å². The molecule has 48 valence electrons. The zero-order chi connectivity index (χ0) is 6.15. The van der Waals surface area contributed by atoms with Crippen molar-refractivity contribution in [3.8, 4) is 0 Å². The third kappa shape index (κ3) is 0.976. The normalized spacial score (nSPS) is 34.1. The van der Waals surface area contributed by atoms with E-state index in [2.05, 4.69) is 17.4 Å². The van der Waals surface area contributed by atoms with Gasteiger partial charge >= 0.3 is 0 Å². The van der Waals surface area contributed by atoms with Crippen LogP contribution < -0.4 is 11.0 Å². The summed E-state index contributed by atoms with van der Waals surface area (Å²) in [7, 11) is 4.03. The quantitative estimate of drug-likeness (QED) is 0.364. The average Bonchev–Trinajstić information content (AvgIpc) is 1.85. The number of rotatable bonds is 0. The van der Waals surface area contributed by atoms with Crippen LogP contribution in [0.5, 0.6) is 0 Å². The predicted molar refractivity (Wildman–Crippen MR) is 30.0 cm³/mol. The topological polar surface area (TPSA) is 35.1 Å². The molecule has 1 rings (SSSR count). The number of nitrogens with two attached hydrogens (primary N) is 1. The van der Waals surface area contributed by atoms with Crippen molar-refractivity contribution in [1.82, 2.24) is 15.6 Å². The Labute approximate surface area is 49.4 Å². The van der Waals surface area contributed by atoms with Crippen molar-refractivity contribution in [2.24, 2.45) is 0 Å². The summed E-state index contributed by atoms with van der Waals surface area (Å²) in [5.74, 6) is 0. The van der Waals surface area contributed by atoms with E-state index in [1.807, 2.05) is 24.7 Å². The molecule has 0 aromatic heterocycles. The van der Waals surface area contributed by atoms with Gasteiger partial charge in [0, 0.05) is 7.05 Å². The molecule has 0 aromatic rings. The monoisotopic (exact) mass is 117 g/mol. The minimum atomic E-state index is 0.444. The van der Waals surface area contributed by atoms with Crippen LogP contribution in [0.25, 0.3) is 0 Å². The molecule has 8 heavy (non-hydrogen) atoms. The van der Waals surface area contributed by atoms with Gasteiger partial charge in [-0.15, -0.1) is 5.01 Å². The molecule has 4 nitrogen and oxygen atoms in total. The zero-order valence-corrected chi connectivity index (χ0v) is 5.55. The maximum absolute atomic E-state index is 3.17. The number of quaternary nitrogens is 1. The second-order valence-corrected chi connectivity index (χ2v) is 2.20. The van der Waals surface area contributed by atoms with E-state index in [-0.39, 0.29) is 0 Å². The molecular formula is C4H13N4+. The van der Waals surface area contributed by atoms with Crippen LogP contribution in [-0.2, 0) is 0 Å². The molecule has 0 aliphatic carbocycles. The Morgan fingerprint density at radius 1 is 1.50 bits per heavy atom. The molecule has 1 atom stereocenters. The largest absolute Gasteiger partial charge is 0.187 e. The second kappa shape index (κ2) is 1.99. The van der Waals surface area contributed by atoms with Crippen LogP contribution in [0.3, 0.4) is 0 Å². The van der Waals surface area contributed by atoms with Gasteiger partial charge in [-0.1, -0.05) is 5.12 Å². The first-order chi connectivity index (χ1) is 3.70. The Morgan fingerprint density at radius 3 is 2.25 bits per heavy atom. The SMILES string of the molecule is CC1NN(C)[NH2+]N1C. The molecule has 1 fully saturated rings. The summed E-state index contributed by atoms with van der Waals surface area (Å²) < 4.78 is 0. The smallest absolute Gasteiger partial charge is 0.124 e. The summed E-state index contributed by atoms with van der Waals surface area (Å²) in [5.41, 5.74) is 5.19. The fraction of sp³-hybridized carbons (Fsp3) is 1.00. The molecular weight excluding hydrogens is 104 g/mol. The number of nitrogens with zero attached hydrogens (tertiary/aromatic N) is 2. The van der Waals surface area contributed by atoms with Gasteiger partial charge in [0.1, 0.15) is 6.17 Å². The maximum Gasteiger partial charge on any atom is 0.124 e. The number of hydrogen-bond acceptors (Lipinski definition) is 3. The standard InChI is InChI=1S/C4H12N4/c1-4-5-8(3)6-7(4)2/h4-6H,1-3H3/p+1. The predicted octanol–water partition coefficient (Wildman–Crippen LogP) is -1.89. The van der Waals surface area contributed by atoms with Crippen molar-refractivity contribution in [1.29, 1.82) is 0 Å². The van der Waals surface area contributed by atoms with Crippen molar-refractivity contribution < 1.29 is 5.53 Å². The Morgan fingerprint density at radius 2 is 2.12 bits per heavy atom. The number of hydrogen-bond donors (Lipinski definition) is 2. The third-order valence-electron chi connectivity index (χ3n) is 1.36. The summed E-state index contributed by atoms with van der Waals surface area (Å²) >= 11 is 0. The van der Waals surface area contributed by atoms with Crippen LogP contribution >= 0.6 is 0 Å². The van der Waals surface area contributed by atoms with Gasteiger partial charge in [-0.25, -0.2) is 0 Å². The lowest BCUT2D eigenvalue weighted by Gasteiger charge is -2.04. The molecule has 1 saturated heterocycles. The van der Waals surface area contributed by atoms with E-state index in [0.29, 0.717) is 6.17 Å². The number of hydrazine groups is 1. The first-order valence-corrected chi connectivity index (χ1v) is 2.76. The van der Waals surface area contributed by atoms with Gasteiger partial charge in [0.25, 0.3) is 0 Å². The van der Waals surface area contributed by atoms with E-state index in [1.165, 1.54) is 0 Å². The van der Waals surface area contributed by atoms with E-state index in [0.717, 1.165) is 0 Å². The molecule has 0 radical (unpaired) electrons. The van der Waals surface area contributed by atoms with E-state index in [9.17, 15) is 0 Å². The summed E-state index contributed by atoms with van der Waals surface area (Å²) in [4.78, 5) is 0. The van der Waals surface area contributed by atoms with Crippen molar-refractivity contribution in [2.45, 2.75) is 13.1 Å². The Kier molecular flexibility index (Phi) is 1.48. The van der Waals surface area contributed by atoms with Gasteiger partial charge in [-0.05, 0) is 6.92 Å². The summed E-state index contributed by atoms with van der Waals surface area (Å²) in [5, 5.41) is 4.06. The van der Waals surface area contributed by atoms with Gasteiger partial charge in [0.05, 0.1) is 7.05 Å². The van der Waals surface area contributed by atoms with E-state index in [1.54, 1.807) is 0 Å². The van der Waals surface area contributed by atoms with E-state index in [4.69, 9.17) is 0 Å². The molecule has 0 spiro atoms. The molecule has 0 bridgehead atoms. The van der Waals surface area contributed by atoms with Gasteiger partial charge in [0.2, 0.25) is 0 Å². The maximum atomic E-state index is 3.17. The highest BCUT2D eigenvalue weighted by Crippen LogP contribution is 1.84. The molecule has 3 N–H and O–H groups in total. The van der Waals surface area contributed by atoms with Crippen LogP contribution in [0.1, 0.15) is 6.92 Å². The zero-order valence-electron chi connectivity index (χ0n) is 5.55. The Hall–Kier alpha value is -0.160. The van der Waals surface area contributed by atoms with Crippen LogP contribution in [0, 0.1) is 0 Å². The summed E-state index contributed by atoms with van der Waals surface area (Å²) in [6, 6.07) is 0. The summed E-state index contributed by atoms with van der Waals surface area (Å²) in [6.07, 6.45) is 0.444. The lowest BCUT2D eigenvalue weighted by atomic mass is 10.6. The average molecular weight is 117 g/mol. The molecule has 1 aliphatic rings. The van der Waals surface area contributed by atoms with Gasteiger partial charge < -0.3 is 0 Å². The van der Waals surface area contributed by atoms with Crippen LogP contribution in [0.2, 0.25) is 0 Å². The third-order valence-corrected chi connectivity index (χ3v) is 1.36. The minimum absolute atomic E-state index is 0.444. The van der Waals surface area contributed by atoms with Gasteiger partial charge in [-0.3, -0.25) is 0 Å². The van der Waals surface area contributed by atoms with E-state index >= 15 is 0 Å². The highest BCUT2D eigenvalue weighted by atomic mass is 15.9. The van der Waals surface area contributed by atoms with Crippen molar-refractivity contribution >= 4 is 0 Å². The van der Waals surface area contributed by atoms with Gasteiger partial charge in [0.15, 0.2) is 0 Å². The molecule has 0 amide bonds. The van der Waals surface area contributed by atoms with E-state index < -0.39 is 0 Å². The highest BCUT2D eigenvalue weighted by Gasteiger charge is 2.23. The fourth-order valence-electron chi connectivity index (χ4n) is 0.792. The molecule has 0 saturated carbocycles. The second-order valence-electron chi connectivity index (χ2n) is 2.20. The molecule has 1 unspecified atom stereocenters. The fourth-order valence-corrected chi connectivity index (χ4v) is 0.792. The first kappa shape index (κ1) is 5.97. The first-order valence-electron chi connectivity index (χ1n) is 2.76. The molecule has 0 aromatic carbocycles. The van der Waals surface area contributed by atoms with Crippen molar-refractivity contribution in [3.05, 3.63) is 0 Å². The Bertz CT molecular complexity index is 74.1. The lowest BCUT2D eigenvalue weighted by molar-refractivity contribution is -0.898. The summed E-state index contributed by atoms with van der Waals surface area (Å²) in [6.45, 7) is 2.11. The van der Waals surface area contributed by atoms with Crippen LogP contribution in [-0.4, -0.2) is 30.4 Å². The van der Waals surface area contributed by atoms with Crippen LogP contribution in [0.4, 0.5) is 0 Å². The minimum Gasteiger partial charge on any atom is -0.187 e. The van der Waals surface area contributed by atoms with Gasteiger partial charge in [-0.2, -0.15) is 11.0 Å². The number of nitrogens with one attached hydrogen (secondary N) is 1. The van der Waals surface area contributed by atoms with Crippen molar-refractivity contribution in [2.75, 3.05) is 14.1 Å². The lowest BCUT2D eigenvalue weighted by Crippen LogP contribution is -2.96. The Balaban J connectivity index is 2.39. The molecule has 4 heteroatoms. The molecule has 1 heterocycles. The van der Waals surface area contributed by atoms with Crippen LogP contribution in [0.15, 0.2) is 0 Å². The highest BCUT2D eigenvalue weighted by molar-refractivity contribution is 4.47. The molecule has 1 aliphatic heterocycles.